The number of nitrogens with one attached hydrogen (secondary N) is 1. The number of nitrogens with zero attached hydrogens (tertiary/aromatic N) is 2. The molecule has 0 unspecified atom stereocenters. The van der Waals surface area contributed by atoms with Crippen LogP contribution in [0.5, 0.6) is 17.2 Å². The summed E-state index contributed by atoms with van der Waals surface area (Å²) in [5.41, 5.74) is 1.48. The fourth-order valence-electron chi connectivity index (χ4n) is 3.46. The molecule has 37 heavy (non-hydrogen) atoms. The number of carbonyl (C=O) groups is 1. The number of sulfonamides is 1. The molecular formula is C25H21N3O7S2. The number of methoxy groups -OCH3 is 1. The molecule has 0 bridgehead atoms. The Balaban J connectivity index is 1.20. The smallest absolute Gasteiger partial charge is 0.277 e. The van der Waals surface area contributed by atoms with E-state index < -0.39 is 10.0 Å². The number of carbonyl (C=O) groups excluding carboxylic acids is 1. The second kappa shape index (κ2) is 10.5. The number of ether oxygens (including phenoxy) is 3. The molecule has 4 aromatic rings. The maximum absolute atomic E-state index is 12.6. The van der Waals surface area contributed by atoms with Gasteiger partial charge >= 0.3 is 0 Å². The molecule has 1 aliphatic heterocycles. The number of anilines is 1. The van der Waals surface area contributed by atoms with Crippen molar-refractivity contribution < 1.29 is 31.8 Å². The van der Waals surface area contributed by atoms with Crippen LogP contribution in [0, 0.1) is 0 Å². The average molecular weight is 540 g/mol. The molecule has 0 radical (unpaired) electrons. The maximum Gasteiger partial charge on any atom is 0.277 e. The summed E-state index contributed by atoms with van der Waals surface area (Å²) in [7, 11) is -2.25. The summed E-state index contributed by atoms with van der Waals surface area (Å²) in [4.78, 5) is 12.7. The largest absolute Gasteiger partial charge is 0.497 e. The molecule has 1 aliphatic rings. The second-order valence-electron chi connectivity index (χ2n) is 7.80. The van der Waals surface area contributed by atoms with Crippen LogP contribution in [0.2, 0.25) is 0 Å². The molecule has 0 saturated carbocycles. The highest BCUT2D eigenvalue weighted by Gasteiger charge is 2.18. The van der Waals surface area contributed by atoms with E-state index >= 15 is 0 Å². The van der Waals surface area contributed by atoms with E-state index in [0.717, 1.165) is 11.8 Å². The van der Waals surface area contributed by atoms with Crippen molar-refractivity contribution in [3.63, 3.8) is 0 Å². The average Bonchev–Trinajstić information content (AvgIpc) is 3.41. The molecule has 1 N–H and O–H groups in total. The first-order valence-electron chi connectivity index (χ1n) is 11.1. The van der Waals surface area contributed by atoms with Crippen molar-refractivity contribution in [2.24, 2.45) is 0 Å². The predicted octanol–water partition coefficient (Wildman–Crippen LogP) is 4.29. The van der Waals surface area contributed by atoms with Gasteiger partial charge in [0.1, 0.15) is 19.0 Å². The minimum absolute atomic E-state index is 0.105. The molecule has 12 heteroatoms. The Hall–Kier alpha value is -4.03. The molecule has 0 aliphatic carbocycles. The molecule has 2 heterocycles. The molecule has 0 atom stereocenters. The van der Waals surface area contributed by atoms with Gasteiger partial charge in [-0.15, -0.1) is 10.2 Å². The van der Waals surface area contributed by atoms with Gasteiger partial charge in [0.15, 0.2) is 17.3 Å². The minimum Gasteiger partial charge on any atom is -0.497 e. The fourth-order valence-corrected chi connectivity index (χ4v) is 5.18. The van der Waals surface area contributed by atoms with Gasteiger partial charge < -0.3 is 18.6 Å². The Bertz CT molecular complexity index is 1520. The van der Waals surface area contributed by atoms with Gasteiger partial charge in [-0.2, -0.15) is 0 Å². The van der Waals surface area contributed by atoms with Gasteiger partial charge in [-0.1, -0.05) is 11.8 Å². The highest BCUT2D eigenvalue weighted by Crippen LogP contribution is 2.32. The minimum atomic E-state index is -3.76. The quantitative estimate of drug-likeness (QED) is 0.243. The third kappa shape index (κ3) is 5.70. The second-order valence-corrected chi connectivity index (χ2v) is 10.4. The number of Topliss-reactive ketones (excluding diaryl/α,β-unsaturated/α-hetero) is 1. The molecule has 10 nitrogen and oxygen atoms in total. The zero-order valence-electron chi connectivity index (χ0n) is 19.5. The summed E-state index contributed by atoms with van der Waals surface area (Å²) in [6, 6.07) is 17.7. The van der Waals surface area contributed by atoms with Crippen molar-refractivity contribution in [2.75, 3.05) is 30.8 Å². The number of hydrogen-bond donors (Lipinski definition) is 1. The van der Waals surface area contributed by atoms with Gasteiger partial charge in [0, 0.05) is 16.8 Å². The van der Waals surface area contributed by atoms with Crippen LogP contribution in [0.15, 0.2) is 81.3 Å². The normalized spacial score (nSPS) is 12.7. The third-order valence-corrected chi connectivity index (χ3v) is 7.57. The van der Waals surface area contributed by atoms with E-state index in [0.29, 0.717) is 47.3 Å². The number of benzene rings is 3. The first kappa shape index (κ1) is 24.7. The molecule has 0 spiro atoms. The Morgan fingerprint density at radius 2 is 1.70 bits per heavy atom. The van der Waals surface area contributed by atoms with Crippen LogP contribution in [-0.2, 0) is 10.0 Å². The summed E-state index contributed by atoms with van der Waals surface area (Å²) in [6.07, 6.45) is 0. The summed E-state index contributed by atoms with van der Waals surface area (Å²) in [5, 5.41) is 8.26. The molecular weight excluding hydrogens is 518 g/mol. The third-order valence-electron chi connectivity index (χ3n) is 5.35. The van der Waals surface area contributed by atoms with Gasteiger partial charge in [-0.25, -0.2) is 8.42 Å². The van der Waals surface area contributed by atoms with E-state index in [1.165, 1.54) is 19.2 Å². The van der Waals surface area contributed by atoms with Crippen LogP contribution < -0.4 is 18.9 Å². The van der Waals surface area contributed by atoms with Gasteiger partial charge in [0.2, 0.25) is 5.89 Å². The summed E-state index contributed by atoms with van der Waals surface area (Å²) >= 11 is 1.13. The number of hydrogen-bond acceptors (Lipinski definition) is 10. The Morgan fingerprint density at radius 1 is 0.973 bits per heavy atom. The highest BCUT2D eigenvalue weighted by molar-refractivity contribution is 7.99. The van der Waals surface area contributed by atoms with Crippen LogP contribution in [0.3, 0.4) is 0 Å². The summed E-state index contributed by atoms with van der Waals surface area (Å²) in [5.74, 6) is 1.98. The van der Waals surface area contributed by atoms with Crippen molar-refractivity contribution in [3.8, 4) is 28.7 Å². The van der Waals surface area contributed by atoms with Crippen LogP contribution in [0.1, 0.15) is 10.4 Å². The number of fused-ring (bicyclic) bond motifs is 1. The van der Waals surface area contributed by atoms with E-state index in [4.69, 9.17) is 18.6 Å². The summed E-state index contributed by atoms with van der Waals surface area (Å²) in [6.45, 7) is 0.928. The molecule has 0 amide bonds. The molecule has 5 rings (SSSR count). The van der Waals surface area contributed by atoms with Gasteiger partial charge in [0.25, 0.3) is 15.2 Å². The predicted molar refractivity (Wildman–Crippen MR) is 136 cm³/mol. The topological polar surface area (TPSA) is 130 Å². The molecule has 0 fully saturated rings. The lowest BCUT2D eigenvalue weighted by atomic mass is 10.1. The Morgan fingerprint density at radius 3 is 2.43 bits per heavy atom. The van der Waals surface area contributed by atoms with E-state index in [9.17, 15) is 13.2 Å². The van der Waals surface area contributed by atoms with Crippen LogP contribution in [0.4, 0.5) is 5.69 Å². The monoisotopic (exact) mass is 539 g/mol. The van der Waals surface area contributed by atoms with Crippen molar-refractivity contribution in [2.45, 2.75) is 10.1 Å². The standard InChI is InChI=1S/C25H21N3O7S2/c1-32-19-7-9-20(10-8-19)37(30,31)28-18-5-2-16(3-6-18)24-26-27-25(35-24)36-15-21(29)17-4-11-22-23(14-17)34-13-12-33-22/h2-11,14,28H,12-13,15H2,1H3. The molecule has 0 saturated heterocycles. The molecule has 1 aromatic heterocycles. The number of thioether (sulfide) groups is 1. The van der Waals surface area contributed by atoms with Gasteiger partial charge in [-0.3, -0.25) is 9.52 Å². The van der Waals surface area contributed by atoms with Crippen molar-refractivity contribution in [1.29, 1.82) is 0 Å². The maximum atomic E-state index is 12.6. The van der Waals surface area contributed by atoms with Crippen molar-refractivity contribution in [3.05, 3.63) is 72.3 Å². The van der Waals surface area contributed by atoms with Crippen LogP contribution in [0.25, 0.3) is 11.5 Å². The van der Waals surface area contributed by atoms with E-state index in [2.05, 4.69) is 14.9 Å². The molecule has 3 aromatic carbocycles. The first-order chi connectivity index (χ1) is 17.9. The van der Waals surface area contributed by atoms with Crippen molar-refractivity contribution in [1.82, 2.24) is 10.2 Å². The lowest BCUT2D eigenvalue weighted by molar-refractivity contribution is 0.102. The first-order valence-corrected chi connectivity index (χ1v) is 13.5. The SMILES string of the molecule is COc1ccc(S(=O)(=O)Nc2ccc(-c3nnc(SCC(=O)c4ccc5c(c4)OCCO5)o3)cc2)cc1. The van der Waals surface area contributed by atoms with Crippen LogP contribution in [-0.4, -0.2) is 50.5 Å². The lowest BCUT2D eigenvalue weighted by Gasteiger charge is -2.18. The number of aromatic nitrogens is 2. The zero-order chi connectivity index (χ0) is 25.8. The van der Waals surface area contributed by atoms with E-state index in [1.54, 1.807) is 54.6 Å². The number of rotatable bonds is 9. The highest BCUT2D eigenvalue weighted by atomic mass is 32.2. The summed E-state index contributed by atoms with van der Waals surface area (Å²) < 4.78 is 49.5. The van der Waals surface area contributed by atoms with E-state index in [1.807, 2.05) is 0 Å². The van der Waals surface area contributed by atoms with E-state index in [-0.39, 0.29) is 27.5 Å². The van der Waals surface area contributed by atoms with Gasteiger partial charge in [-0.05, 0) is 66.7 Å². The lowest BCUT2D eigenvalue weighted by Crippen LogP contribution is -2.16. The Labute approximate surface area is 217 Å². The molecule has 190 valence electrons. The fraction of sp³-hybridized carbons (Fsp3) is 0.160. The van der Waals surface area contributed by atoms with Crippen LogP contribution >= 0.6 is 11.8 Å². The van der Waals surface area contributed by atoms with Gasteiger partial charge in [0.05, 0.1) is 17.8 Å². The van der Waals surface area contributed by atoms with Crippen molar-refractivity contribution >= 4 is 33.3 Å². The zero-order valence-corrected chi connectivity index (χ0v) is 21.2. The number of ketones is 1. The Kier molecular flexibility index (Phi) is 7.01.